The molecular formula is C22H28N2O2S. The summed E-state index contributed by atoms with van der Waals surface area (Å²) in [6.07, 6.45) is 1.02. The number of amides is 2. The molecule has 0 heterocycles. The maximum atomic E-state index is 12.9. The Bertz CT molecular complexity index is 707. The second-order valence-corrected chi connectivity index (χ2v) is 7.44. The Kier molecular flexibility index (Phi) is 8.92. The van der Waals surface area contributed by atoms with Crippen molar-refractivity contribution in [1.82, 2.24) is 10.2 Å². The number of benzene rings is 2. The van der Waals surface area contributed by atoms with Gasteiger partial charge in [-0.3, -0.25) is 9.59 Å². The van der Waals surface area contributed by atoms with E-state index < -0.39 is 6.04 Å². The minimum absolute atomic E-state index is 0.0230. The van der Waals surface area contributed by atoms with Crippen LogP contribution in [0.2, 0.25) is 0 Å². The SMILES string of the molecule is CC[C@H](C(=O)NC)N(Cc1ccccc1)C(=O)CCSCc1ccccc1. The molecule has 0 aliphatic rings. The maximum absolute atomic E-state index is 12.9. The lowest BCUT2D eigenvalue weighted by atomic mass is 10.1. The van der Waals surface area contributed by atoms with Gasteiger partial charge in [0.1, 0.15) is 6.04 Å². The minimum Gasteiger partial charge on any atom is -0.357 e. The van der Waals surface area contributed by atoms with Crippen LogP contribution >= 0.6 is 11.8 Å². The molecule has 0 saturated heterocycles. The summed E-state index contributed by atoms with van der Waals surface area (Å²) in [6, 6.07) is 19.6. The number of nitrogens with one attached hydrogen (secondary N) is 1. The van der Waals surface area contributed by atoms with Crippen LogP contribution in [0.5, 0.6) is 0 Å². The molecule has 0 aliphatic carbocycles. The Labute approximate surface area is 166 Å². The Morgan fingerprint density at radius 2 is 1.59 bits per heavy atom. The van der Waals surface area contributed by atoms with Crippen molar-refractivity contribution in [3.05, 3.63) is 71.8 Å². The van der Waals surface area contributed by atoms with Crippen molar-refractivity contribution >= 4 is 23.6 Å². The third-order valence-corrected chi connectivity index (χ3v) is 5.43. The second kappa shape index (κ2) is 11.4. The van der Waals surface area contributed by atoms with Gasteiger partial charge >= 0.3 is 0 Å². The minimum atomic E-state index is -0.443. The van der Waals surface area contributed by atoms with E-state index in [4.69, 9.17) is 0 Å². The smallest absolute Gasteiger partial charge is 0.242 e. The zero-order valence-electron chi connectivity index (χ0n) is 16.1. The topological polar surface area (TPSA) is 49.4 Å². The second-order valence-electron chi connectivity index (χ2n) is 6.33. The number of hydrogen-bond acceptors (Lipinski definition) is 3. The molecule has 144 valence electrons. The summed E-state index contributed by atoms with van der Waals surface area (Å²) in [4.78, 5) is 26.9. The molecule has 0 saturated carbocycles. The zero-order chi connectivity index (χ0) is 19.5. The first-order valence-corrected chi connectivity index (χ1v) is 10.5. The zero-order valence-corrected chi connectivity index (χ0v) is 16.9. The summed E-state index contributed by atoms with van der Waals surface area (Å²) >= 11 is 1.74. The van der Waals surface area contributed by atoms with Crippen LogP contribution in [0.25, 0.3) is 0 Å². The van der Waals surface area contributed by atoms with E-state index in [1.165, 1.54) is 5.56 Å². The van der Waals surface area contributed by atoms with E-state index in [-0.39, 0.29) is 11.8 Å². The van der Waals surface area contributed by atoms with Crippen LogP contribution in [0, 0.1) is 0 Å². The van der Waals surface area contributed by atoms with Gasteiger partial charge < -0.3 is 10.2 Å². The third-order valence-electron chi connectivity index (χ3n) is 4.40. The number of carbonyl (C=O) groups is 2. The van der Waals surface area contributed by atoms with Crippen LogP contribution < -0.4 is 5.32 Å². The predicted molar refractivity (Wildman–Crippen MR) is 112 cm³/mol. The average Bonchev–Trinajstić information content (AvgIpc) is 2.72. The molecule has 0 radical (unpaired) electrons. The molecule has 0 bridgehead atoms. The number of carbonyl (C=O) groups excluding carboxylic acids is 2. The lowest BCUT2D eigenvalue weighted by Crippen LogP contribution is -2.48. The van der Waals surface area contributed by atoms with Gasteiger partial charge in [-0.25, -0.2) is 0 Å². The predicted octanol–water partition coefficient (Wildman–Crippen LogP) is 3.86. The van der Waals surface area contributed by atoms with Crippen LogP contribution in [0.15, 0.2) is 60.7 Å². The van der Waals surface area contributed by atoms with Crippen molar-refractivity contribution in [3.63, 3.8) is 0 Å². The van der Waals surface area contributed by atoms with E-state index in [2.05, 4.69) is 17.4 Å². The van der Waals surface area contributed by atoms with Crippen LogP contribution in [-0.4, -0.2) is 35.6 Å². The van der Waals surface area contributed by atoms with Crippen molar-refractivity contribution < 1.29 is 9.59 Å². The van der Waals surface area contributed by atoms with Crippen molar-refractivity contribution in [2.75, 3.05) is 12.8 Å². The van der Waals surface area contributed by atoms with Gasteiger partial charge in [0.2, 0.25) is 11.8 Å². The monoisotopic (exact) mass is 384 g/mol. The summed E-state index contributed by atoms with van der Waals surface area (Å²) in [5, 5.41) is 2.69. The van der Waals surface area contributed by atoms with Crippen LogP contribution in [0.1, 0.15) is 30.9 Å². The van der Waals surface area contributed by atoms with Crippen molar-refractivity contribution in [2.24, 2.45) is 0 Å². The number of nitrogens with zero attached hydrogens (tertiary/aromatic N) is 1. The maximum Gasteiger partial charge on any atom is 0.242 e. The van der Waals surface area contributed by atoms with Gasteiger partial charge in [0.15, 0.2) is 0 Å². The average molecular weight is 385 g/mol. The Balaban J connectivity index is 1.98. The van der Waals surface area contributed by atoms with E-state index in [9.17, 15) is 9.59 Å². The normalized spacial score (nSPS) is 11.6. The third kappa shape index (κ3) is 6.75. The van der Waals surface area contributed by atoms with Gasteiger partial charge in [0, 0.05) is 31.5 Å². The number of rotatable bonds is 10. The molecule has 4 nitrogen and oxygen atoms in total. The largest absolute Gasteiger partial charge is 0.357 e. The first-order valence-electron chi connectivity index (χ1n) is 9.32. The lowest BCUT2D eigenvalue weighted by molar-refractivity contribution is -0.140. The highest BCUT2D eigenvalue weighted by Gasteiger charge is 2.27. The van der Waals surface area contributed by atoms with Gasteiger partial charge in [-0.1, -0.05) is 67.6 Å². The van der Waals surface area contributed by atoms with Crippen LogP contribution in [-0.2, 0) is 21.9 Å². The molecule has 2 aromatic rings. The van der Waals surface area contributed by atoms with E-state index in [0.717, 1.165) is 17.1 Å². The van der Waals surface area contributed by atoms with Gasteiger partial charge in [-0.05, 0) is 17.5 Å². The first-order chi connectivity index (χ1) is 13.2. The molecule has 0 spiro atoms. The molecule has 2 amide bonds. The fraction of sp³-hybridized carbons (Fsp3) is 0.364. The van der Waals surface area contributed by atoms with Gasteiger partial charge in [0.05, 0.1) is 0 Å². The Hall–Kier alpha value is -2.27. The molecule has 27 heavy (non-hydrogen) atoms. The fourth-order valence-electron chi connectivity index (χ4n) is 2.93. The van der Waals surface area contributed by atoms with Crippen LogP contribution in [0.3, 0.4) is 0 Å². The Morgan fingerprint density at radius 3 is 2.15 bits per heavy atom. The van der Waals surface area contributed by atoms with E-state index in [0.29, 0.717) is 19.4 Å². The highest BCUT2D eigenvalue weighted by atomic mass is 32.2. The molecule has 5 heteroatoms. The van der Waals surface area contributed by atoms with Crippen molar-refractivity contribution in [3.8, 4) is 0 Å². The number of hydrogen-bond donors (Lipinski definition) is 1. The molecule has 1 atom stereocenters. The highest BCUT2D eigenvalue weighted by molar-refractivity contribution is 7.98. The molecule has 0 aromatic heterocycles. The number of likely N-dealkylation sites (N-methyl/N-ethyl adjacent to an activating group) is 1. The summed E-state index contributed by atoms with van der Waals surface area (Å²) in [6.45, 7) is 2.39. The van der Waals surface area contributed by atoms with E-state index in [1.54, 1.807) is 23.7 Å². The highest BCUT2D eigenvalue weighted by Crippen LogP contribution is 2.17. The molecule has 0 fully saturated rings. The first kappa shape index (κ1) is 21.0. The molecule has 0 unspecified atom stereocenters. The summed E-state index contributed by atoms with van der Waals surface area (Å²) in [5.41, 5.74) is 2.29. The number of thioether (sulfide) groups is 1. The van der Waals surface area contributed by atoms with Crippen LogP contribution in [0.4, 0.5) is 0 Å². The standard InChI is InChI=1S/C22H28N2O2S/c1-3-20(22(26)23-2)24(16-18-10-6-4-7-11-18)21(25)14-15-27-17-19-12-8-5-9-13-19/h4-13,20H,3,14-17H2,1-2H3,(H,23,26)/t20-/m1/s1. The Morgan fingerprint density at radius 1 is 1.00 bits per heavy atom. The van der Waals surface area contributed by atoms with E-state index >= 15 is 0 Å². The summed E-state index contributed by atoms with van der Waals surface area (Å²) in [7, 11) is 1.62. The molecule has 1 N–H and O–H groups in total. The molecule has 2 aromatic carbocycles. The fourth-order valence-corrected chi connectivity index (χ4v) is 3.83. The summed E-state index contributed by atoms with van der Waals surface area (Å²) in [5.74, 6) is 1.54. The van der Waals surface area contributed by atoms with Crippen molar-refractivity contribution in [1.29, 1.82) is 0 Å². The van der Waals surface area contributed by atoms with Crippen molar-refractivity contribution in [2.45, 2.75) is 38.1 Å². The molecule has 0 aliphatic heterocycles. The van der Waals surface area contributed by atoms with Gasteiger partial charge in [-0.15, -0.1) is 0 Å². The van der Waals surface area contributed by atoms with E-state index in [1.807, 2.05) is 55.5 Å². The quantitative estimate of drug-likeness (QED) is 0.633. The lowest BCUT2D eigenvalue weighted by Gasteiger charge is -2.30. The summed E-state index contributed by atoms with van der Waals surface area (Å²) < 4.78 is 0. The van der Waals surface area contributed by atoms with Gasteiger partial charge in [0.25, 0.3) is 0 Å². The molecular weight excluding hydrogens is 356 g/mol. The molecule has 2 rings (SSSR count). The van der Waals surface area contributed by atoms with Gasteiger partial charge in [-0.2, -0.15) is 11.8 Å².